The van der Waals surface area contributed by atoms with Crippen LogP contribution >= 0.6 is 0 Å². The molecule has 0 radical (unpaired) electrons. The van der Waals surface area contributed by atoms with Crippen molar-refractivity contribution in [2.24, 2.45) is 0 Å². The molecule has 1 heterocycles. The summed E-state index contributed by atoms with van der Waals surface area (Å²) in [6.45, 7) is 2.02. The lowest BCUT2D eigenvalue weighted by molar-refractivity contribution is -0.134. The first-order valence-electron chi connectivity index (χ1n) is 6.04. The van der Waals surface area contributed by atoms with E-state index >= 15 is 0 Å². The molecule has 96 valence electrons. The van der Waals surface area contributed by atoms with E-state index in [0.29, 0.717) is 19.4 Å². The molecule has 0 spiro atoms. The van der Waals surface area contributed by atoms with Gasteiger partial charge in [-0.2, -0.15) is 0 Å². The van der Waals surface area contributed by atoms with Crippen LogP contribution in [0, 0.1) is 0 Å². The zero-order valence-electron chi connectivity index (χ0n) is 10.7. The zero-order valence-corrected chi connectivity index (χ0v) is 10.7. The van der Waals surface area contributed by atoms with Crippen molar-refractivity contribution in [1.82, 2.24) is 4.90 Å². The molecule has 18 heavy (non-hydrogen) atoms. The van der Waals surface area contributed by atoms with E-state index in [1.807, 2.05) is 24.3 Å². The SMILES string of the molecule is COc1cccc(CN2C(=O)CCC2C(C)=O)c1. The van der Waals surface area contributed by atoms with Gasteiger partial charge < -0.3 is 9.64 Å². The minimum Gasteiger partial charge on any atom is -0.497 e. The summed E-state index contributed by atoms with van der Waals surface area (Å²) in [4.78, 5) is 25.0. The van der Waals surface area contributed by atoms with Crippen molar-refractivity contribution in [3.8, 4) is 5.75 Å². The van der Waals surface area contributed by atoms with E-state index in [9.17, 15) is 9.59 Å². The third-order valence-corrected chi connectivity index (χ3v) is 3.28. The van der Waals surface area contributed by atoms with Crippen LogP contribution in [0.15, 0.2) is 24.3 Å². The number of Topliss-reactive ketones (excluding diaryl/α,β-unsaturated/α-hetero) is 1. The first-order valence-corrected chi connectivity index (χ1v) is 6.04. The first kappa shape index (κ1) is 12.6. The summed E-state index contributed by atoms with van der Waals surface area (Å²) in [6, 6.07) is 7.31. The Morgan fingerprint density at radius 3 is 2.94 bits per heavy atom. The number of methoxy groups -OCH3 is 1. The zero-order chi connectivity index (χ0) is 13.1. The Hall–Kier alpha value is -1.84. The fourth-order valence-electron chi connectivity index (χ4n) is 2.32. The summed E-state index contributed by atoms with van der Waals surface area (Å²) in [6.07, 6.45) is 1.10. The molecule has 4 nitrogen and oxygen atoms in total. The van der Waals surface area contributed by atoms with E-state index in [4.69, 9.17) is 4.74 Å². The van der Waals surface area contributed by atoms with Crippen LogP contribution in [0.4, 0.5) is 0 Å². The molecule has 0 N–H and O–H groups in total. The lowest BCUT2D eigenvalue weighted by atomic mass is 10.1. The fraction of sp³-hybridized carbons (Fsp3) is 0.429. The molecular weight excluding hydrogens is 230 g/mol. The van der Waals surface area contributed by atoms with Crippen LogP contribution in [0.5, 0.6) is 5.75 Å². The van der Waals surface area contributed by atoms with Crippen molar-refractivity contribution < 1.29 is 14.3 Å². The summed E-state index contributed by atoms with van der Waals surface area (Å²) in [7, 11) is 1.61. The Kier molecular flexibility index (Phi) is 3.65. The van der Waals surface area contributed by atoms with Crippen LogP contribution in [0.1, 0.15) is 25.3 Å². The van der Waals surface area contributed by atoms with Crippen molar-refractivity contribution in [1.29, 1.82) is 0 Å². The second-order valence-corrected chi connectivity index (χ2v) is 4.54. The van der Waals surface area contributed by atoms with Gasteiger partial charge in [0.25, 0.3) is 0 Å². The van der Waals surface area contributed by atoms with Crippen LogP contribution in [0.3, 0.4) is 0 Å². The number of carbonyl (C=O) groups is 2. The second kappa shape index (κ2) is 5.21. The standard InChI is InChI=1S/C14H17NO3/c1-10(16)13-6-7-14(17)15(13)9-11-4-3-5-12(8-11)18-2/h3-5,8,13H,6-7,9H2,1-2H3. The number of ether oxygens (including phenoxy) is 1. The van der Waals surface area contributed by atoms with Gasteiger partial charge in [-0.25, -0.2) is 0 Å². The maximum Gasteiger partial charge on any atom is 0.223 e. The molecule has 1 saturated heterocycles. The van der Waals surface area contributed by atoms with Gasteiger partial charge in [0, 0.05) is 13.0 Å². The van der Waals surface area contributed by atoms with Gasteiger partial charge in [0.05, 0.1) is 13.2 Å². The Morgan fingerprint density at radius 1 is 1.50 bits per heavy atom. The monoisotopic (exact) mass is 247 g/mol. The summed E-state index contributed by atoms with van der Waals surface area (Å²) in [5.41, 5.74) is 0.982. The lowest BCUT2D eigenvalue weighted by Crippen LogP contribution is -2.36. The molecule has 0 bridgehead atoms. The van der Waals surface area contributed by atoms with Crippen molar-refractivity contribution in [2.45, 2.75) is 32.4 Å². The molecule has 0 aromatic heterocycles. The second-order valence-electron chi connectivity index (χ2n) is 4.54. The average Bonchev–Trinajstić information content (AvgIpc) is 2.71. The highest BCUT2D eigenvalue weighted by Crippen LogP contribution is 2.23. The molecule has 1 aromatic rings. The minimum atomic E-state index is -0.260. The summed E-state index contributed by atoms with van der Waals surface area (Å²) in [5.74, 6) is 0.875. The number of hydrogen-bond donors (Lipinski definition) is 0. The number of carbonyl (C=O) groups excluding carboxylic acids is 2. The van der Waals surface area contributed by atoms with Gasteiger partial charge in [0.2, 0.25) is 5.91 Å². The molecule has 1 atom stereocenters. The Morgan fingerprint density at radius 2 is 2.28 bits per heavy atom. The van der Waals surface area contributed by atoms with Gasteiger partial charge in [0.1, 0.15) is 5.75 Å². The highest BCUT2D eigenvalue weighted by atomic mass is 16.5. The molecular formula is C14H17NO3. The number of amides is 1. The number of nitrogens with zero attached hydrogens (tertiary/aromatic N) is 1. The smallest absolute Gasteiger partial charge is 0.223 e. The van der Waals surface area contributed by atoms with Crippen LogP contribution in [-0.2, 0) is 16.1 Å². The number of ketones is 1. The Bertz CT molecular complexity index is 470. The van der Waals surface area contributed by atoms with E-state index < -0.39 is 0 Å². The van der Waals surface area contributed by atoms with Gasteiger partial charge in [-0.3, -0.25) is 9.59 Å². The van der Waals surface area contributed by atoms with Crippen molar-refractivity contribution in [3.05, 3.63) is 29.8 Å². The van der Waals surface area contributed by atoms with Gasteiger partial charge in [-0.05, 0) is 31.0 Å². The van der Waals surface area contributed by atoms with Gasteiger partial charge in [-0.15, -0.1) is 0 Å². The Balaban J connectivity index is 2.16. The molecule has 0 aliphatic carbocycles. The summed E-state index contributed by atoms with van der Waals surface area (Å²) >= 11 is 0. The minimum absolute atomic E-state index is 0.0537. The largest absolute Gasteiger partial charge is 0.497 e. The van der Waals surface area contributed by atoms with E-state index in [2.05, 4.69) is 0 Å². The summed E-state index contributed by atoms with van der Waals surface area (Å²) in [5, 5.41) is 0. The highest BCUT2D eigenvalue weighted by Gasteiger charge is 2.33. The average molecular weight is 247 g/mol. The fourth-order valence-corrected chi connectivity index (χ4v) is 2.32. The molecule has 1 aliphatic heterocycles. The number of hydrogen-bond acceptors (Lipinski definition) is 3. The third-order valence-electron chi connectivity index (χ3n) is 3.28. The highest BCUT2D eigenvalue weighted by molar-refractivity contribution is 5.90. The molecule has 4 heteroatoms. The van der Waals surface area contributed by atoms with Crippen LogP contribution in [0.2, 0.25) is 0 Å². The number of rotatable bonds is 4. The van der Waals surface area contributed by atoms with E-state index in [1.54, 1.807) is 18.9 Å². The molecule has 1 aromatic carbocycles. The lowest BCUT2D eigenvalue weighted by Gasteiger charge is -2.23. The predicted octanol–water partition coefficient (Wildman–Crippen LogP) is 1.78. The molecule has 1 fully saturated rings. The quantitative estimate of drug-likeness (QED) is 0.814. The van der Waals surface area contributed by atoms with Gasteiger partial charge in [0.15, 0.2) is 5.78 Å². The summed E-state index contributed by atoms with van der Waals surface area (Å²) < 4.78 is 5.15. The van der Waals surface area contributed by atoms with Crippen molar-refractivity contribution in [2.75, 3.05) is 7.11 Å². The molecule has 2 rings (SSSR count). The van der Waals surface area contributed by atoms with Gasteiger partial charge >= 0.3 is 0 Å². The number of benzene rings is 1. The van der Waals surface area contributed by atoms with E-state index in [0.717, 1.165) is 11.3 Å². The van der Waals surface area contributed by atoms with Crippen LogP contribution in [0.25, 0.3) is 0 Å². The maximum absolute atomic E-state index is 11.8. The van der Waals surface area contributed by atoms with Crippen molar-refractivity contribution in [3.63, 3.8) is 0 Å². The first-order chi connectivity index (χ1) is 8.61. The van der Waals surface area contributed by atoms with Crippen LogP contribution in [-0.4, -0.2) is 29.7 Å². The Labute approximate surface area is 107 Å². The predicted molar refractivity (Wildman–Crippen MR) is 67.2 cm³/mol. The van der Waals surface area contributed by atoms with Gasteiger partial charge in [-0.1, -0.05) is 12.1 Å². The third kappa shape index (κ3) is 2.53. The number of likely N-dealkylation sites (tertiary alicyclic amines) is 1. The molecule has 0 saturated carbocycles. The van der Waals surface area contributed by atoms with E-state index in [-0.39, 0.29) is 17.7 Å². The molecule has 1 unspecified atom stereocenters. The van der Waals surface area contributed by atoms with Crippen LogP contribution < -0.4 is 4.74 Å². The normalized spacial score (nSPS) is 19.1. The molecule has 1 amide bonds. The topological polar surface area (TPSA) is 46.6 Å². The van der Waals surface area contributed by atoms with E-state index in [1.165, 1.54) is 0 Å². The van der Waals surface area contributed by atoms with Crippen molar-refractivity contribution >= 4 is 11.7 Å². The maximum atomic E-state index is 11.8. The molecule has 1 aliphatic rings.